The molecular weight excluding hydrogens is 127 g/mol. The van der Waals surface area contributed by atoms with Crippen LogP contribution >= 0.6 is 0 Å². The fourth-order valence-corrected chi connectivity index (χ4v) is 1.13. The fraction of sp³-hybridized carbons (Fsp3) is 0.111. The largest absolute Gasteiger partial charge is 0.207 e. The Morgan fingerprint density at radius 2 is 2.30 bits per heavy atom. The van der Waals surface area contributed by atoms with Gasteiger partial charge in [-0.3, -0.25) is 0 Å². The van der Waals surface area contributed by atoms with Crippen LogP contribution in [-0.2, 0) is 6.42 Å². The maximum Gasteiger partial charge on any atom is 0.123 e. The molecule has 0 saturated carbocycles. The number of benzene rings is 1. The Morgan fingerprint density at radius 3 is 3.20 bits per heavy atom. The summed E-state index contributed by atoms with van der Waals surface area (Å²) in [7, 11) is 0. The lowest BCUT2D eigenvalue weighted by Gasteiger charge is -1.95. The monoisotopic (exact) mass is 133 g/mol. The molecule has 0 N–H and O–H groups in total. The van der Waals surface area contributed by atoms with Crippen molar-refractivity contribution in [2.75, 3.05) is 0 Å². The topological polar surface area (TPSA) is 0 Å². The van der Waals surface area contributed by atoms with Crippen LogP contribution in [0.4, 0.5) is 4.39 Å². The van der Waals surface area contributed by atoms with Gasteiger partial charge in [-0.05, 0) is 35.8 Å². The molecule has 0 atom stereocenters. The van der Waals surface area contributed by atoms with Gasteiger partial charge in [0.1, 0.15) is 5.82 Å². The van der Waals surface area contributed by atoms with Crippen LogP contribution in [0.5, 0.6) is 0 Å². The summed E-state index contributed by atoms with van der Waals surface area (Å²) in [6, 6.07) is 4.83. The average Bonchev–Trinajstić information content (AvgIpc) is 2.33. The lowest BCUT2D eigenvalue weighted by molar-refractivity contribution is 0.627. The molecule has 1 aromatic carbocycles. The number of fused-ring (bicyclic) bond motifs is 1. The van der Waals surface area contributed by atoms with Crippen LogP contribution < -0.4 is 0 Å². The lowest BCUT2D eigenvalue weighted by atomic mass is 10.1. The third-order valence-corrected chi connectivity index (χ3v) is 1.66. The van der Waals surface area contributed by atoms with Gasteiger partial charge in [0, 0.05) is 0 Å². The lowest BCUT2D eigenvalue weighted by Crippen LogP contribution is -1.81. The van der Waals surface area contributed by atoms with Crippen LogP contribution in [0.1, 0.15) is 11.1 Å². The molecule has 0 heterocycles. The Kier molecular flexibility index (Phi) is 1.10. The van der Waals surface area contributed by atoms with Gasteiger partial charge in [-0.15, -0.1) is 0 Å². The van der Waals surface area contributed by atoms with Gasteiger partial charge in [0.15, 0.2) is 0 Å². The summed E-state index contributed by atoms with van der Waals surface area (Å²) in [6.07, 6.45) is 5.68. The van der Waals surface area contributed by atoms with Crippen LogP contribution in [0.2, 0.25) is 0 Å². The summed E-state index contributed by atoms with van der Waals surface area (Å²) < 4.78 is 12.5. The fourth-order valence-electron chi connectivity index (χ4n) is 1.13. The zero-order valence-electron chi connectivity index (χ0n) is 5.39. The van der Waals surface area contributed by atoms with Crippen molar-refractivity contribution in [1.82, 2.24) is 0 Å². The summed E-state index contributed by atoms with van der Waals surface area (Å²) >= 11 is 0. The van der Waals surface area contributed by atoms with E-state index in [9.17, 15) is 4.39 Å². The van der Waals surface area contributed by atoms with Crippen molar-refractivity contribution in [2.45, 2.75) is 6.42 Å². The summed E-state index contributed by atoms with van der Waals surface area (Å²) in [6.45, 7) is 0. The summed E-state index contributed by atoms with van der Waals surface area (Å²) in [5.41, 5.74) is 2.14. The first kappa shape index (κ1) is 5.66. The standard InChI is InChI=1S/C9H6F/c10-9-5-4-7-2-1-3-8(7)6-9/h3-6H,2H2. The Labute approximate surface area is 59.0 Å². The Bertz CT molecular complexity index is 287. The van der Waals surface area contributed by atoms with Crippen molar-refractivity contribution in [3.8, 4) is 0 Å². The van der Waals surface area contributed by atoms with Crippen molar-refractivity contribution >= 4 is 6.08 Å². The van der Waals surface area contributed by atoms with E-state index < -0.39 is 0 Å². The molecule has 10 heavy (non-hydrogen) atoms. The van der Waals surface area contributed by atoms with Crippen molar-refractivity contribution < 1.29 is 4.39 Å². The molecular formula is C9H6F. The highest BCUT2D eigenvalue weighted by Crippen LogP contribution is 2.18. The summed E-state index contributed by atoms with van der Waals surface area (Å²) in [4.78, 5) is 0. The molecule has 49 valence electrons. The number of rotatable bonds is 0. The van der Waals surface area contributed by atoms with Gasteiger partial charge in [0.2, 0.25) is 0 Å². The number of allylic oxidation sites excluding steroid dienone is 1. The van der Waals surface area contributed by atoms with E-state index in [0.29, 0.717) is 0 Å². The van der Waals surface area contributed by atoms with E-state index in [0.717, 1.165) is 12.0 Å². The minimum atomic E-state index is -0.168. The molecule has 0 unspecified atom stereocenters. The van der Waals surface area contributed by atoms with E-state index in [1.165, 1.54) is 17.7 Å². The molecule has 0 spiro atoms. The summed E-state index contributed by atoms with van der Waals surface area (Å²) in [5, 5.41) is 0. The van der Waals surface area contributed by atoms with Gasteiger partial charge < -0.3 is 0 Å². The van der Waals surface area contributed by atoms with Gasteiger partial charge in [0.25, 0.3) is 0 Å². The number of halogens is 1. The first-order valence-electron chi connectivity index (χ1n) is 3.21. The van der Waals surface area contributed by atoms with E-state index in [4.69, 9.17) is 0 Å². The highest BCUT2D eigenvalue weighted by molar-refractivity contribution is 5.57. The van der Waals surface area contributed by atoms with E-state index in [1.54, 1.807) is 6.07 Å². The molecule has 1 aliphatic carbocycles. The second-order valence-electron chi connectivity index (χ2n) is 2.37. The molecule has 0 aliphatic heterocycles. The van der Waals surface area contributed by atoms with Gasteiger partial charge in [-0.1, -0.05) is 12.1 Å². The minimum absolute atomic E-state index is 0.168. The van der Waals surface area contributed by atoms with Crippen LogP contribution in [-0.4, -0.2) is 0 Å². The van der Waals surface area contributed by atoms with Crippen LogP contribution in [0.3, 0.4) is 0 Å². The molecule has 1 heteroatoms. The molecule has 1 aromatic rings. The second-order valence-corrected chi connectivity index (χ2v) is 2.37. The zero-order chi connectivity index (χ0) is 6.97. The van der Waals surface area contributed by atoms with Crippen LogP contribution in [0.15, 0.2) is 18.2 Å². The second kappa shape index (κ2) is 1.94. The van der Waals surface area contributed by atoms with Crippen molar-refractivity contribution in [1.29, 1.82) is 0 Å². The van der Waals surface area contributed by atoms with Crippen LogP contribution in [0, 0.1) is 11.9 Å². The smallest absolute Gasteiger partial charge is 0.123 e. The van der Waals surface area contributed by atoms with Crippen LogP contribution in [0.25, 0.3) is 6.08 Å². The van der Waals surface area contributed by atoms with Gasteiger partial charge in [-0.25, -0.2) is 4.39 Å². The Hall–Kier alpha value is -1.11. The third kappa shape index (κ3) is 0.747. The Balaban J connectivity index is 2.60. The van der Waals surface area contributed by atoms with Gasteiger partial charge in [-0.2, -0.15) is 0 Å². The predicted octanol–water partition coefficient (Wildman–Crippen LogP) is 2.20. The van der Waals surface area contributed by atoms with E-state index in [-0.39, 0.29) is 5.82 Å². The Morgan fingerprint density at radius 1 is 1.40 bits per heavy atom. The maximum atomic E-state index is 12.5. The first-order chi connectivity index (χ1) is 4.86. The van der Waals surface area contributed by atoms with Crippen molar-refractivity contribution in [3.63, 3.8) is 0 Å². The molecule has 0 nitrogen and oxygen atoms in total. The zero-order valence-corrected chi connectivity index (χ0v) is 5.39. The number of hydrogen-bond acceptors (Lipinski definition) is 0. The number of hydrogen-bond donors (Lipinski definition) is 0. The molecule has 2 rings (SSSR count). The molecule has 1 radical (unpaired) electrons. The van der Waals surface area contributed by atoms with E-state index in [2.05, 4.69) is 6.08 Å². The quantitative estimate of drug-likeness (QED) is 0.509. The maximum absolute atomic E-state index is 12.5. The summed E-state index contributed by atoms with van der Waals surface area (Å²) in [5.74, 6) is -0.168. The third-order valence-electron chi connectivity index (χ3n) is 1.66. The molecule has 1 aliphatic rings. The van der Waals surface area contributed by atoms with Gasteiger partial charge in [0.05, 0.1) is 0 Å². The molecule has 0 aromatic heterocycles. The van der Waals surface area contributed by atoms with E-state index >= 15 is 0 Å². The van der Waals surface area contributed by atoms with Crippen molar-refractivity contribution in [3.05, 3.63) is 41.2 Å². The highest BCUT2D eigenvalue weighted by atomic mass is 19.1. The molecule has 0 fully saturated rings. The van der Waals surface area contributed by atoms with Crippen molar-refractivity contribution in [2.24, 2.45) is 0 Å². The molecule has 0 bridgehead atoms. The molecule has 0 saturated heterocycles. The normalized spacial score (nSPS) is 13.7. The average molecular weight is 133 g/mol. The van der Waals surface area contributed by atoms with E-state index in [1.807, 2.05) is 6.08 Å². The van der Waals surface area contributed by atoms with Gasteiger partial charge >= 0.3 is 0 Å². The predicted molar refractivity (Wildman–Crippen MR) is 37.8 cm³/mol. The highest BCUT2D eigenvalue weighted by Gasteiger charge is 2.04. The SMILES string of the molecule is Fc1ccc2c(c1)C=[C]C2. The first-order valence-corrected chi connectivity index (χ1v) is 3.21. The molecule has 0 amide bonds. The minimum Gasteiger partial charge on any atom is -0.207 e.